The average molecular weight is 193 g/mol. The maximum absolute atomic E-state index is 12.6. The lowest BCUT2D eigenvalue weighted by atomic mass is 10.1. The summed E-state index contributed by atoms with van der Waals surface area (Å²) in [6.07, 6.45) is -0.996. The molecule has 1 rings (SSSR count). The Morgan fingerprint density at radius 1 is 1.27 bits per heavy atom. The van der Waals surface area contributed by atoms with E-state index < -0.39 is 6.17 Å². The summed E-state index contributed by atoms with van der Waals surface area (Å²) in [4.78, 5) is 0. The molecule has 0 aliphatic rings. The molecule has 0 saturated heterocycles. The van der Waals surface area contributed by atoms with Crippen molar-refractivity contribution in [1.29, 1.82) is 0 Å². The molecule has 1 aromatic rings. The van der Waals surface area contributed by atoms with Crippen LogP contribution in [0.15, 0.2) is 18.2 Å². The van der Waals surface area contributed by atoms with E-state index in [9.17, 15) is 4.39 Å². The zero-order chi connectivity index (χ0) is 8.43. The van der Waals surface area contributed by atoms with Crippen molar-refractivity contribution in [1.82, 2.24) is 0 Å². The standard InChI is InChI=1S/C8H7Cl2F/c1-5(11)6-2-3-7(9)8(10)4-6/h2-5H,1H3. The highest BCUT2D eigenvalue weighted by Gasteiger charge is 2.04. The minimum Gasteiger partial charge on any atom is -0.243 e. The second-order valence-electron chi connectivity index (χ2n) is 2.29. The van der Waals surface area contributed by atoms with Gasteiger partial charge in [-0.2, -0.15) is 0 Å². The lowest BCUT2D eigenvalue weighted by molar-refractivity contribution is 0.374. The highest BCUT2D eigenvalue weighted by Crippen LogP contribution is 2.26. The second-order valence-corrected chi connectivity index (χ2v) is 3.10. The number of rotatable bonds is 1. The lowest BCUT2D eigenvalue weighted by Crippen LogP contribution is -1.84. The molecule has 0 heterocycles. The Bertz CT molecular complexity index is 258. The first-order valence-electron chi connectivity index (χ1n) is 3.20. The molecule has 0 N–H and O–H groups in total. The first-order valence-corrected chi connectivity index (χ1v) is 3.96. The quantitative estimate of drug-likeness (QED) is 0.631. The van der Waals surface area contributed by atoms with Crippen LogP contribution in [0.25, 0.3) is 0 Å². The van der Waals surface area contributed by atoms with Crippen molar-refractivity contribution in [2.45, 2.75) is 13.1 Å². The maximum Gasteiger partial charge on any atom is 0.122 e. The van der Waals surface area contributed by atoms with Crippen molar-refractivity contribution < 1.29 is 4.39 Å². The molecule has 60 valence electrons. The minimum absolute atomic E-state index is 0.397. The van der Waals surface area contributed by atoms with Gasteiger partial charge in [-0.15, -0.1) is 0 Å². The largest absolute Gasteiger partial charge is 0.243 e. The third-order valence-electron chi connectivity index (χ3n) is 1.40. The normalized spacial score (nSPS) is 13.1. The predicted molar refractivity (Wildman–Crippen MR) is 46.0 cm³/mol. The lowest BCUT2D eigenvalue weighted by Gasteiger charge is -2.02. The summed E-state index contributed by atoms with van der Waals surface area (Å²) in [6, 6.07) is 4.75. The number of hydrogen-bond acceptors (Lipinski definition) is 0. The van der Waals surface area contributed by atoms with Crippen LogP contribution in [0.4, 0.5) is 4.39 Å². The third-order valence-corrected chi connectivity index (χ3v) is 2.14. The fraction of sp³-hybridized carbons (Fsp3) is 0.250. The van der Waals surface area contributed by atoms with Gasteiger partial charge in [-0.3, -0.25) is 0 Å². The Morgan fingerprint density at radius 2 is 1.91 bits per heavy atom. The van der Waals surface area contributed by atoms with Gasteiger partial charge in [0, 0.05) is 0 Å². The molecule has 0 amide bonds. The molecular formula is C8H7Cl2F. The van der Waals surface area contributed by atoms with Gasteiger partial charge in [0.25, 0.3) is 0 Å². The second kappa shape index (κ2) is 3.42. The summed E-state index contributed by atoms with van der Waals surface area (Å²) >= 11 is 11.3. The van der Waals surface area contributed by atoms with Crippen molar-refractivity contribution in [2.75, 3.05) is 0 Å². The van der Waals surface area contributed by atoms with Crippen LogP contribution in [0.1, 0.15) is 18.7 Å². The van der Waals surface area contributed by atoms with Gasteiger partial charge < -0.3 is 0 Å². The molecule has 0 saturated carbocycles. The molecule has 1 aromatic carbocycles. The molecule has 0 aromatic heterocycles. The van der Waals surface area contributed by atoms with Crippen LogP contribution >= 0.6 is 23.2 Å². The Labute approximate surface area is 74.9 Å². The first kappa shape index (κ1) is 8.82. The van der Waals surface area contributed by atoms with Crippen LogP contribution in [-0.2, 0) is 0 Å². The molecular weight excluding hydrogens is 186 g/mol. The van der Waals surface area contributed by atoms with Crippen molar-refractivity contribution >= 4 is 23.2 Å². The molecule has 0 spiro atoms. The summed E-state index contributed by atoms with van der Waals surface area (Å²) in [5.74, 6) is 0. The van der Waals surface area contributed by atoms with E-state index in [1.54, 1.807) is 12.1 Å². The molecule has 0 bridgehead atoms. The molecule has 0 fully saturated rings. The minimum atomic E-state index is -0.996. The van der Waals surface area contributed by atoms with Gasteiger partial charge in [0.2, 0.25) is 0 Å². The Hall–Kier alpha value is -0.270. The molecule has 0 radical (unpaired) electrons. The van der Waals surface area contributed by atoms with Crippen molar-refractivity contribution in [2.24, 2.45) is 0 Å². The summed E-state index contributed by atoms with van der Waals surface area (Å²) < 4.78 is 12.6. The molecule has 0 aliphatic carbocycles. The molecule has 1 unspecified atom stereocenters. The van der Waals surface area contributed by atoms with Crippen LogP contribution in [0, 0.1) is 0 Å². The van der Waals surface area contributed by atoms with Crippen molar-refractivity contribution in [3.63, 3.8) is 0 Å². The van der Waals surface area contributed by atoms with E-state index in [1.165, 1.54) is 13.0 Å². The maximum atomic E-state index is 12.6. The van der Waals surface area contributed by atoms with Crippen LogP contribution in [0.2, 0.25) is 10.0 Å². The van der Waals surface area contributed by atoms with Crippen LogP contribution in [-0.4, -0.2) is 0 Å². The van der Waals surface area contributed by atoms with E-state index in [0.717, 1.165) is 0 Å². The summed E-state index contributed by atoms with van der Waals surface area (Å²) in [6.45, 7) is 1.46. The van der Waals surface area contributed by atoms with Gasteiger partial charge in [0.05, 0.1) is 10.0 Å². The fourth-order valence-electron chi connectivity index (χ4n) is 0.760. The zero-order valence-electron chi connectivity index (χ0n) is 5.94. The Kier molecular flexibility index (Phi) is 2.74. The monoisotopic (exact) mass is 192 g/mol. The smallest absolute Gasteiger partial charge is 0.122 e. The van der Waals surface area contributed by atoms with Crippen molar-refractivity contribution in [3.05, 3.63) is 33.8 Å². The molecule has 0 nitrogen and oxygen atoms in total. The van der Waals surface area contributed by atoms with Gasteiger partial charge in [0.1, 0.15) is 6.17 Å². The van der Waals surface area contributed by atoms with Gasteiger partial charge in [-0.1, -0.05) is 29.3 Å². The zero-order valence-corrected chi connectivity index (χ0v) is 7.46. The Morgan fingerprint density at radius 3 is 2.36 bits per heavy atom. The van der Waals surface area contributed by atoms with Crippen LogP contribution in [0.3, 0.4) is 0 Å². The SMILES string of the molecule is CC(F)c1ccc(Cl)c(Cl)c1. The van der Waals surface area contributed by atoms with E-state index >= 15 is 0 Å². The molecule has 3 heteroatoms. The highest BCUT2D eigenvalue weighted by atomic mass is 35.5. The number of hydrogen-bond donors (Lipinski definition) is 0. The predicted octanol–water partition coefficient (Wildman–Crippen LogP) is 4.02. The van der Waals surface area contributed by atoms with E-state index in [2.05, 4.69) is 0 Å². The van der Waals surface area contributed by atoms with E-state index in [0.29, 0.717) is 15.6 Å². The summed E-state index contributed by atoms with van der Waals surface area (Å²) in [7, 11) is 0. The highest BCUT2D eigenvalue weighted by molar-refractivity contribution is 6.42. The molecule has 1 atom stereocenters. The summed E-state index contributed by atoms with van der Waals surface area (Å²) in [5.41, 5.74) is 0.555. The topological polar surface area (TPSA) is 0 Å². The van der Waals surface area contributed by atoms with E-state index in [4.69, 9.17) is 23.2 Å². The molecule has 11 heavy (non-hydrogen) atoms. The molecule has 0 aliphatic heterocycles. The van der Waals surface area contributed by atoms with E-state index in [1.807, 2.05) is 0 Å². The van der Waals surface area contributed by atoms with Gasteiger partial charge in [-0.25, -0.2) is 4.39 Å². The third kappa shape index (κ3) is 2.08. The van der Waals surface area contributed by atoms with Gasteiger partial charge in [0.15, 0.2) is 0 Å². The van der Waals surface area contributed by atoms with Gasteiger partial charge >= 0.3 is 0 Å². The van der Waals surface area contributed by atoms with Crippen LogP contribution < -0.4 is 0 Å². The fourth-order valence-corrected chi connectivity index (χ4v) is 1.07. The average Bonchev–Trinajstić information content (AvgIpc) is 1.94. The van der Waals surface area contributed by atoms with Crippen molar-refractivity contribution in [3.8, 4) is 0 Å². The first-order chi connectivity index (χ1) is 5.11. The number of halogens is 3. The van der Waals surface area contributed by atoms with E-state index in [-0.39, 0.29) is 0 Å². The Balaban J connectivity index is 3.05. The number of alkyl halides is 1. The summed E-state index contributed by atoms with van der Waals surface area (Å²) in [5, 5.41) is 0.852. The number of benzene rings is 1. The van der Waals surface area contributed by atoms with Gasteiger partial charge in [-0.05, 0) is 24.6 Å². The van der Waals surface area contributed by atoms with Crippen LogP contribution in [0.5, 0.6) is 0 Å².